The summed E-state index contributed by atoms with van der Waals surface area (Å²) in [6.45, 7) is 4.23. The van der Waals surface area contributed by atoms with Crippen LogP contribution in [0.2, 0.25) is 0 Å². The largest absolute Gasteiger partial charge is 0.456 e. The second kappa shape index (κ2) is 14.1. The predicted molar refractivity (Wildman–Crippen MR) is 238 cm³/mol. The van der Waals surface area contributed by atoms with E-state index in [9.17, 15) is 0 Å². The molecule has 56 heavy (non-hydrogen) atoms. The van der Waals surface area contributed by atoms with E-state index in [0.29, 0.717) is 0 Å². The van der Waals surface area contributed by atoms with Gasteiger partial charge in [0, 0.05) is 27.9 Å². The molecule has 0 aromatic heterocycles. The molecule has 9 aromatic carbocycles. The van der Waals surface area contributed by atoms with Crippen LogP contribution in [-0.2, 0) is 0 Å². The van der Waals surface area contributed by atoms with Crippen LogP contribution >= 0.6 is 0 Å². The van der Waals surface area contributed by atoms with Gasteiger partial charge in [0.25, 0.3) is 0 Å². The third-order valence-electron chi connectivity index (χ3n) is 10.8. The normalized spacial score (nSPS) is 14.0. The Bertz CT molecular complexity index is 2990. The van der Waals surface area contributed by atoms with Gasteiger partial charge in [-0.2, -0.15) is 0 Å². The van der Waals surface area contributed by atoms with Gasteiger partial charge in [-0.1, -0.05) is 158 Å². The number of nitrogens with zero attached hydrogens (tertiary/aromatic N) is 1. The molecule has 1 heterocycles. The molecule has 0 saturated carbocycles. The molecule has 2 nitrogen and oxygen atoms in total. The number of anilines is 3. The van der Waals surface area contributed by atoms with Crippen molar-refractivity contribution in [2.75, 3.05) is 4.90 Å². The Morgan fingerprint density at radius 2 is 0.946 bits per heavy atom. The molecule has 0 amide bonds. The van der Waals surface area contributed by atoms with Crippen molar-refractivity contribution in [3.8, 4) is 28.0 Å². The van der Waals surface area contributed by atoms with Crippen LogP contribution in [0, 0.1) is 0 Å². The van der Waals surface area contributed by atoms with Gasteiger partial charge in [-0.05, 0) is 115 Å². The quantitative estimate of drug-likeness (QED) is 0.159. The van der Waals surface area contributed by atoms with Gasteiger partial charge in [0.1, 0.15) is 11.5 Å². The fourth-order valence-electron chi connectivity index (χ4n) is 7.92. The molecule has 1 aliphatic heterocycles. The van der Waals surface area contributed by atoms with Gasteiger partial charge in [-0.3, -0.25) is 0 Å². The topological polar surface area (TPSA) is 12.5 Å². The molecule has 9 aromatic rings. The molecule has 10 rings (SSSR count). The number of benzene rings is 9. The second-order valence-electron chi connectivity index (χ2n) is 14.2. The van der Waals surface area contributed by atoms with Crippen molar-refractivity contribution in [2.45, 2.75) is 0 Å². The molecule has 264 valence electrons. The number of fused-ring (bicyclic) bond motifs is 5. The fourth-order valence-corrected chi connectivity index (χ4v) is 7.92. The standard InChI is InChI=1S/C54H37NO/c1-37-11-10-20-53(56-54-19-9-8-15-48(37)54)42-29-33-47(34-30-42)55(52-36-45-14-4-5-16-49(45)50-17-6-7-18-51(50)52)46-31-27-40(28-32-46)39-21-23-41(24-22-39)44-26-25-38-12-2-3-13-43(38)35-44/h2-36H,1H2/b11-10-,53-20-. The second-order valence-corrected chi connectivity index (χ2v) is 14.2. The maximum Gasteiger partial charge on any atom is 0.135 e. The Morgan fingerprint density at radius 3 is 1.68 bits per heavy atom. The first kappa shape index (κ1) is 33.2. The van der Waals surface area contributed by atoms with Crippen LogP contribution in [0.5, 0.6) is 5.75 Å². The molecular formula is C54H37NO. The molecule has 0 unspecified atom stereocenters. The number of allylic oxidation sites excluding steroid dienone is 4. The van der Waals surface area contributed by atoms with E-state index in [-0.39, 0.29) is 0 Å². The third kappa shape index (κ3) is 6.14. The van der Waals surface area contributed by atoms with Crippen LogP contribution in [0.4, 0.5) is 17.1 Å². The van der Waals surface area contributed by atoms with Crippen LogP contribution in [0.1, 0.15) is 11.1 Å². The van der Waals surface area contributed by atoms with E-state index in [2.05, 4.69) is 181 Å². The van der Waals surface area contributed by atoms with Crippen molar-refractivity contribution in [1.29, 1.82) is 0 Å². The smallest absolute Gasteiger partial charge is 0.135 e. The Kier molecular flexibility index (Phi) is 8.35. The zero-order valence-electron chi connectivity index (χ0n) is 30.8. The third-order valence-corrected chi connectivity index (χ3v) is 10.8. The highest BCUT2D eigenvalue weighted by molar-refractivity contribution is 6.14. The zero-order valence-corrected chi connectivity index (χ0v) is 30.8. The lowest BCUT2D eigenvalue weighted by molar-refractivity contribution is 0.513. The molecule has 1 aliphatic rings. The van der Waals surface area contributed by atoms with E-state index in [1.165, 1.54) is 54.6 Å². The molecule has 0 radical (unpaired) electrons. The Labute approximate surface area is 327 Å². The molecule has 2 heteroatoms. The van der Waals surface area contributed by atoms with Gasteiger partial charge in [-0.15, -0.1) is 0 Å². The number of para-hydroxylation sites is 1. The van der Waals surface area contributed by atoms with Gasteiger partial charge in [0.15, 0.2) is 0 Å². The summed E-state index contributed by atoms with van der Waals surface area (Å²) in [5.74, 6) is 1.58. The van der Waals surface area contributed by atoms with Crippen molar-refractivity contribution in [3.63, 3.8) is 0 Å². The average molecular weight is 716 g/mol. The van der Waals surface area contributed by atoms with Crippen molar-refractivity contribution >= 4 is 60.7 Å². The number of hydrogen-bond donors (Lipinski definition) is 0. The first-order chi connectivity index (χ1) is 27.7. The minimum absolute atomic E-state index is 0.784. The van der Waals surface area contributed by atoms with Crippen LogP contribution < -0.4 is 9.64 Å². The maximum atomic E-state index is 6.51. The number of hydrogen-bond acceptors (Lipinski definition) is 2. The molecule has 0 spiro atoms. The van der Waals surface area contributed by atoms with Crippen molar-refractivity contribution in [1.82, 2.24) is 0 Å². The Hall–Kier alpha value is -7.42. The number of ether oxygens (including phenoxy) is 1. The summed E-state index contributed by atoms with van der Waals surface area (Å²) in [4.78, 5) is 2.37. The summed E-state index contributed by atoms with van der Waals surface area (Å²) < 4.78 is 6.51. The van der Waals surface area contributed by atoms with E-state index in [0.717, 1.165) is 45.3 Å². The lowest BCUT2D eigenvalue weighted by atomic mass is 9.97. The van der Waals surface area contributed by atoms with Crippen molar-refractivity contribution in [2.24, 2.45) is 0 Å². The highest BCUT2D eigenvalue weighted by atomic mass is 16.5. The highest BCUT2D eigenvalue weighted by Gasteiger charge is 2.19. The first-order valence-electron chi connectivity index (χ1n) is 19.0. The van der Waals surface area contributed by atoms with Crippen molar-refractivity contribution in [3.05, 3.63) is 230 Å². The monoisotopic (exact) mass is 715 g/mol. The van der Waals surface area contributed by atoms with Gasteiger partial charge in [0.2, 0.25) is 0 Å². The van der Waals surface area contributed by atoms with E-state index in [1.54, 1.807) is 0 Å². The van der Waals surface area contributed by atoms with Crippen molar-refractivity contribution < 1.29 is 4.74 Å². The maximum absolute atomic E-state index is 6.51. The van der Waals surface area contributed by atoms with E-state index in [4.69, 9.17) is 4.74 Å². The van der Waals surface area contributed by atoms with E-state index >= 15 is 0 Å². The molecule has 0 saturated heterocycles. The van der Waals surface area contributed by atoms with Gasteiger partial charge >= 0.3 is 0 Å². The molecular weight excluding hydrogens is 679 g/mol. The number of rotatable bonds is 6. The first-order valence-corrected chi connectivity index (χ1v) is 19.0. The minimum atomic E-state index is 0.784. The Morgan fingerprint density at radius 1 is 0.411 bits per heavy atom. The van der Waals surface area contributed by atoms with Gasteiger partial charge in [-0.25, -0.2) is 0 Å². The van der Waals surface area contributed by atoms with Gasteiger partial charge in [0.05, 0.1) is 5.69 Å². The van der Waals surface area contributed by atoms with Crippen LogP contribution in [-0.4, -0.2) is 0 Å². The highest BCUT2D eigenvalue weighted by Crippen LogP contribution is 2.43. The lowest BCUT2D eigenvalue weighted by Crippen LogP contribution is -2.11. The molecule has 0 bridgehead atoms. The summed E-state index contributed by atoms with van der Waals surface area (Å²) in [5, 5.41) is 7.37. The SMILES string of the molecule is C=C1/C=C\C=C(\c2ccc(N(c3ccc(-c4ccc(-c5ccc6ccccc6c5)cc4)cc3)c3cc4ccccc4c4ccccc34)cc2)Oc2ccccc21. The van der Waals surface area contributed by atoms with E-state index < -0.39 is 0 Å². The molecule has 0 N–H and O–H groups in total. The van der Waals surface area contributed by atoms with E-state index in [1.807, 2.05) is 42.5 Å². The molecule has 0 aliphatic carbocycles. The predicted octanol–water partition coefficient (Wildman–Crippen LogP) is 15.0. The molecule has 0 atom stereocenters. The summed E-state index contributed by atoms with van der Waals surface area (Å²) in [7, 11) is 0. The van der Waals surface area contributed by atoms with Gasteiger partial charge < -0.3 is 9.64 Å². The molecule has 0 fully saturated rings. The zero-order chi connectivity index (χ0) is 37.4. The average Bonchev–Trinajstić information content (AvgIpc) is 3.26. The van der Waals surface area contributed by atoms with Crippen LogP contribution in [0.15, 0.2) is 219 Å². The minimum Gasteiger partial charge on any atom is -0.456 e. The van der Waals surface area contributed by atoms with Crippen LogP contribution in [0.3, 0.4) is 0 Å². The summed E-state index contributed by atoms with van der Waals surface area (Å²) in [6, 6.07) is 69.4. The lowest BCUT2D eigenvalue weighted by Gasteiger charge is -2.28. The Balaban J connectivity index is 1.03. The fraction of sp³-hybridized carbons (Fsp3) is 0. The summed E-state index contributed by atoms with van der Waals surface area (Å²) >= 11 is 0. The summed E-state index contributed by atoms with van der Waals surface area (Å²) in [5.41, 5.74) is 10.9. The van der Waals surface area contributed by atoms with Crippen LogP contribution in [0.25, 0.3) is 65.9 Å². The summed E-state index contributed by atoms with van der Waals surface area (Å²) in [6.07, 6.45) is 6.05.